The molecule has 398 valence electrons. The maximum absolute atomic E-state index is 11.9. The van der Waals surface area contributed by atoms with Gasteiger partial charge in [-0.15, -0.1) is 0 Å². The quantitative estimate of drug-likeness (QED) is 0.142. The van der Waals surface area contributed by atoms with Crippen molar-refractivity contribution < 1.29 is 10.2 Å². The summed E-state index contributed by atoms with van der Waals surface area (Å²) in [6.07, 6.45) is 0. The fourth-order valence-electron chi connectivity index (χ4n) is 9.67. The second kappa shape index (κ2) is 20.8. The number of hydrogen-bond donors (Lipinski definition) is 2. The van der Waals surface area contributed by atoms with Gasteiger partial charge in [-0.3, -0.25) is 0 Å². The zero-order valence-corrected chi connectivity index (χ0v) is 52.4. The van der Waals surface area contributed by atoms with E-state index in [1.807, 2.05) is 0 Å². The van der Waals surface area contributed by atoms with E-state index in [0.29, 0.717) is 0 Å². The van der Waals surface area contributed by atoms with Crippen molar-refractivity contribution >= 4 is 47.7 Å². The Hall–Kier alpha value is -3.90. The Balaban J connectivity index is 1.92. The molecule has 0 amide bonds. The summed E-state index contributed by atoms with van der Waals surface area (Å²) < 4.78 is 0. The first kappa shape index (κ1) is 59.3. The highest BCUT2D eigenvalue weighted by molar-refractivity contribution is 7.80. The lowest BCUT2D eigenvalue weighted by atomic mass is 9.81. The van der Waals surface area contributed by atoms with Crippen LogP contribution in [0.5, 0.6) is 0 Å². The number of hydrogen-bond acceptors (Lipinski definition) is 2. The average molecular weight is 1030 g/mol. The van der Waals surface area contributed by atoms with E-state index < -0.39 is 15.8 Å². The van der Waals surface area contributed by atoms with Gasteiger partial charge in [0.2, 0.25) is 0 Å². The summed E-state index contributed by atoms with van der Waals surface area (Å²) in [5, 5.41) is 31.4. The highest BCUT2D eigenvalue weighted by Crippen LogP contribution is 2.47. The number of aliphatic hydroxyl groups excluding tert-OH is 2. The van der Waals surface area contributed by atoms with Crippen LogP contribution in [0.4, 0.5) is 0 Å². The monoisotopic (exact) mass is 1030 g/mol. The van der Waals surface area contributed by atoms with Gasteiger partial charge in [-0.1, -0.05) is 275 Å². The molecule has 0 heterocycles. The van der Waals surface area contributed by atoms with E-state index in [1.54, 1.807) is 0 Å². The minimum absolute atomic E-state index is 0.107. The summed E-state index contributed by atoms with van der Waals surface area (Å²) in [6.45, 7) is 55.8. The molecule has 6 aromatic rings. The lowest BCUT2D eigenvalue weighted by Crippen LogP contribution is -2.31. The molecule has 0 fully saturated rings. The van der Waals surface area contributed by atoms with E-state index in [1.165, 1.54) is 76.3 Å². The molecule has 2 N–H and O–H groups in total. The summed E-state index contributed by atoms with van der Waals surface area (Å²) >= 11 is 0. The molecule has 4 heteroatoms. The summed E-state index contributed by atoms with van der Waals surface area (Å²) in [7, 11) is -2.58. The Kier molecular flexibility index (Phi) is 16.7. The van der Waals surface area contributed by atoms with Crippen LogP contribution in [-0.4, -0.2) is 10.2 Å². The van der Waals surface area contributed by atoms with Crippen LogP contribution in [0.15, 0.2) is 109 Å². The first-order valence-electron chi connectivity index (χ1n) is 27.3. The minimum atomic E-state index is -1.29. The molecular formula is C70H96O2P2. The highest BCUT2D eigenvalue weighted by atomic mass is 31.1. The molecule has 2 nitrogen and oxygen atoms in total. The van der Waals surface area contributed by atoms with Crippen LogP contribution in [-0.2, 0) is 56.5 Å². The van der Waals surface area contributed by atoms with Gasteiger partial charge in [0.05, 0.1) is 13.2 Å². The predicted octanol–water partition coefficient (Wildman–Crippen LogP) is 16.2. The number of rotatable bonds is 9. The molecular weight excluding hydrogens is 935 g/mol. The molecule has 0 radical (unpaired) electrons. The van der Waals surface area contributed by atoms with Gasteiger partial charge >= 0.3 is 0 Å². The third-order valence-corrected chi connectivity index (χ3v) is 19.8. The van der Waals surface area contributed by atoms with Gasteiger partial charge in [0, 0.05) is 0 Å². The molecule has 0 saturated carbocycles. The molecule has 6 rings (SSSR count). The van der Waals surface area contributed by atoms with Crippen molar-refractivity contribution in [3.8, 4) is 11.1 Å². The maximum Gasteiger partial charge on any atom is 0.0688 e. The van der Waals surface area contributed by atoms with E-state index in [2.05, 4.69) is 275 Å². The Bertz CT molecular complexity index is 2500. The Morgan fingerprint density at radius 3 is 0.595 bits per heavy atom. The molecule has 0 aliphatic carbocycles. The summed E-state index contributed by atoms with van der Waals surface area (Å²) in [5.41, 5.74) is 13.5. The second-order valence-corrected chi connectivity index (χ2v) is 34.1. The molecule has 0 saturated heterocycles. The van der Waals surface area contributed by atoms with E-state index in [9.17, 15) is 10.2 Å². The van der Waals surface area contributed by atoms with Crippen LogP contribution in [0.25, 0.3) is 11.1 Å². The van der Waals surface area contributed by atoms with Crippen LogP contribution in [0, 0.1) is 0 Å². The Morgan fingerprint density at radius 2 is 0.446 bits per heavy atom. The normalized spacial score (nSPS) is 13.6. The summed E-state index contributed by atoms with van der Waals surface area (Å²) in [6, 6.07) is 43.1. The molecule has 6 aromatic carbocycles. The lowest BCUT2D eigenvalue weighted by Gasteiger charge is -2.34. The van der Waals surface area contributed by atoms with Crippen molar-refractivity contribution in [2.45, 2.75) is 223 Å². The molecule has 74 heavy (non-hydrogen) atoms. The average Bonchev–Trinajstić information content (AvgIpc) is 3.26. The van der Waals surface area contributed by atoms with Gasteiger partial charge in [0.1, 0.15) is 0 Å². The van der Waals surface area contributed by atoms with Crippen molar-refractivity contribution in [3.05, 3.63) is 165 Å². The van der Waals surface area contributed by atoms with Crippen LogP contribution >= 0.6 is 15.8 Å². The Morgan fingerprint density at radius 1 is 0.270 bits per heavy atom. The fourth-order valence-corrected chi connectivity index (χ4v) is 14.9. The zero-order valence-electron chi connectivity index (χ0n) is 50.6. The number of benzene rings is 6. The fraction of sp³-hybridized carbons (Fsp3) is 0.486. The van der Waals surface area contributed by atoms with Crippen molar-refractivity contribution in [1.82, 2.24) is 0 Å². The lowest BCUT2D eigenvalue weighted by molar-refractivity contribution is 0.280. The molecule has 0 aliphatic rings. The molecule has 0 atom stereocenters. The van der Waals surface area contributed by atoms with Crippen molar-refractivity contribution in [2.24, 2.45) is 0 Å². The van der Waals surface area contributed by atoms with E-state index in [-0.39, 0.29) is 56.5 Å². The van der Waals surface area contributed by atoms with Gasteiger partial charge < -0.3 is 10.2 Å². The topological polar surface area (TPSA) is 40.5 Å². The molecule has 0 spiro atoms. The molecule has 0 aliphatic heterocycles. The molecule has 0 aromatic heterocycles. The van der Waals surface area contributed by atoms with Crippen molar-refractivity contribution in [3.63, 3.8) is 0 Å². The third kappa shape index (κ3) is 13.3. The van der Waals surface area contributed by atoms with E-state index in [0.717, 1.165) is 22.3 Å². The first-order chi connectivity index (χ1) is 33.6. The maximum atomic E-state index is 11.9. The van der Waals surface area contributed by atoms with Gasteiger partial charge in [-0.05, 0) is 158 Å². The highest BCUT2D eigenvalue weighted by Gasteiger charge is 2.34. The van der Waals surface area contributed by atoms with E-state index >= 15 is 0 Å². The largest absolute Gasteiger partial charge is 0.392 e. The van der Waals surface area contributed by atoms with Crippen LogP contribution in [0.2, 0.25) is 0 Å². The molecule has 0 bridgehead atoms. The first-order valence-corrected chi connectivity index (χ1v) is 30.0. The third-order valence-electron chi connectivity index (χ3n) is 15.0. The molecule has 0 unspecified atom stereocenters. The second-order valence-electron chi connectivity index (χ2n) is 29.7. The van der Waals surface area contributed by atoms with Crippen molar-refractivity contribution in [2.75, 3.05) is 0 Å². The predicted molar refractivity (Wildman–Crippen MR) is 331 cm³/mol. The minimum Gasteiger partial charge on any atom is -0.392 e. The van der Waals surface area contributed by atoms with Gasteiger partial charge in [0.15, 0.2) is 0 Å². The standard InChI is InChI=1S/C70H96O2P2/c1-63(2,3)47-31-48(64(4,5)6)36-55(35-47)73(56-37-49(65(7,8)9)32-50(38-56)66(10,11)12)59-29-25-27-45(43-71)61(59)62-46(44-72)28-26-30-60(62)74(57-39-51(67(13,14)15)33-52(40-57)68(16,17)18)58-41-53(69(19,20)21)34-54(42-58)70(22,23)24/h25-42,71-72H,43-44H2,1-24H3. The Labute approximate surface area is 454 Å². The number of aliphatic hydroxyl groups is 2. The van der Waals surface area contributed by atoms with Gasteiger partial charge in [-0.2, -0.15) is 0 Å². The summed E-state index contributed by atoms with van der Waals surface area (Å²) in [5.74, 6) is 0. The zero-order chi connectivity index (χ0) is 55.7. The summed E-state index contributed by atoms with van der Waals surface area (Å²) in [4.78, 5) is 0. The van der Waals surface area contributed by atoms with Gasteiger partial charge in [0.25, 0.3) is 0 Å². The smallest absolute Gasteiger partial charge is 0.0688 e. The van der Waals surface area contributed by atoms with Crippen LogP contribution in [0.1, 0.15) is 222 Å². The van der Waals surface area contributed by atoms with E-state index in [4.69, 9.17) is 0 Å². The SMILES string of the molecule is CC(C)(C)c1cc(P(c2cc(C(C)(C)C)cc(C(C)(C)C)c2)c2cccc(CO)c2-c2c(CO)cccc2P(c2cc(C(C)(C)C)cc(C(C)(C)C)c2)c2cc(C(C)(C)C)cc(C(C)(C)C)c2)cc(C(C)(C)C)c1. The van der Waals surface area contributed by atoms with Crippen LogP contribution < -0.4 is 31.8 Å². The van der Waals surface area contributed by atoms with Crippen molar-refractivity contribution in [1.29, 1.82) is 0 Å². The van der Waals surface area contributed by atoms with Crippen LogP contribution in [0.3, 0.4) is 0 Å². The van der Waals surface area contributed by atoms with Gasteiger partial charge in [-0.25, -0.2) is 0 Å².